The fourth-order valence-corrected chi connectivity index (χ4v) is 2.32. The van der Waals surface area contributed by atoms with Gasteiger partial charge in [-0.1, -0.05) is 24.3 Å². The second-order valence-electron chi connectivity index (χ2n) is 3.84. The Bertz CT molecular complexity index is 535. The Morgan fingerprint density at radius 3 is 2.22 bits per heavy atom. The van der Waals surface area contributed by atoms with Crippen LogP contribution < -0.4 is 10.8 Å². The van der Waals surface area contributed by atoms with Crippen molar-refractivity contribution in [1.82, 2.24) is 0 Å². The highest BCUT2D eigenvalue weighted by Gasteiger charge is 1.98. The van der Waals surface area contributed by atoms with Crippen molar-refractivity contribution in [2.75, 3.05) is 5.73 Å². The Labute approximate surface area is 110 Å². The van der Waals surface area contributed by atoms with E-state index in [1.807, 2.05) is 24.3 Å². The van der Waals surface area contributed by atoms with Crippen LogP contribution in [0.15, 0.2) is 53.4 Å². The summed E-state index contributed by atoms with van der Waals surface area (Å²) in [5.41, 5.74) is 7.63. The summed E-state index contributed by atoms with van der Waals surface area (Å²) in [5.74, 6) is -0.357. The molecule has 0 atom stereocenters. The molecule has 0 unspecified atom stereocenters. The first-order valence-electron chi connectivity index (χ1n) is 5.44. The molecule has 0 fully saturated rings. The molecule has 0 aliphatic carbocycles. The van der Waals surface area contributed by atoms with Crippen molar-refractivity contribution in [3.8, 4) is 0 Å². The van der Waals surface area contributed by atoms with E-state index in [0.717, 1.165) is 21.9 Å². The van der Waals surface area contributed by atoms with Crippen LogP contribution in [0.2, 0.25) is 0 Å². The van der Waals surface area contributed by atoms with Gasteiger partial charge >= 0.3 is 0 Å². The highest BCUT2D eigenvalue weighted by atomic mass is 32.2. The van der Waals surface area contributed by atoms with Crippen LogP contribution in [-0.2, 0) is 5.75 Å². The lowest BCUT2D eigenvalue weighted by Crippen LogP contribution is -2.21. The average molecular weight is 258 g/mol. The van der Waals surface area contributed by atoms with E-state index in [2.05, 4.69) is 0 Å². The number of carbonyl (C=O) groups excluding carboxylic acids is 1. The third-order valence-corrected chi connectivity index (χ3v) is 3.56. The van der Waals surface area contributed by atoms with E-state index in [9.17, 15) is 9.90 Å². The van der Waals surface area contributed by atoms with Gasteiger partial charge in [0.15, 0.2) is 0 Å². The van der Waals surface area contributed by atoms with Crippen molar-refractivity contribution in [3.63, 3.8) is 0 Å². The number of thioether (sulfide) groups is 1. The maximum Gasteiger partial charge on any atom is 0.0715 e. The standard InChI is InChI=1S/C14H13NO2S/c15-12-5-7-13(8-6-12)18-9-10-1-3-11(4-2-10)14(16)17/h1-8H,9,15H2,(H,16,17)/p-1. The van der Waals surface area contributed by atoms with Gasteiger partial charge in [0.05, 0.1) is 5.97 Å². The smallest absolute Gasteiger partial charge is 0.0715 e. The molecule has 0 spiro atoms. The van der Waals surface area contributed by atoms with Crippen LogP contribution in [0.5, 0.6) is 0 Å². The lowest BCUT2D eigenvalue weighted by molar-refractivity contribution is -0.255. The SMILES string of the molecule is Nc1ccc(SCc2ccc(C(=O)[O-])cc2)cc1. The summed E-state index contributed by atoms with van der Waals surface area (Å²) in [4.78, 5) is 11.7. The van der Waals surface area contributed by atoms with Crippen molar-refractivity contribution in [2.24, 2.45) is 0 Å². The minimum atomic E-state index is -1.15. The van der Waals surface area contributed by atoms with Crippen LogP contribution in [0.1, 0.15) is 15.9 Å². The van der Waals surface area contributed by atoms with Crippen LogP contribution >= 0.6 is 11.8 Å². The van der Waals surface area contributed by atoms with Crippen LogP contribution in [0.25, 0.3) is 0 Å². The molecule has 0 amide bonds. The van der Waals surface area contributed by atoms with E-state index >= 15 is 0 Å². The van der Waals surface area contributed by atoms with Crippen molar-refractivity contribution in [3.05, 3.63) is 59.7 Å². The lowest BCUT2D eigenvalue weighted by atomic mass is 10.1. The number of nitrogens with two attached hydrogens (primary N) is 1. The molecular formula is C14H12NO2S-. The zero-order valence-electron chi connectivity index (χ0n) is 9.63. The fraction of sp³-hybridized carbons (Fsp3) is 0.0714. The Balaban J connectivity index is 1.97. The van der Waals surface area contributed by atoms with Crippen LogP contribution in [-0.4, -0.2) is 5.97 Å². The van der Waals surface area contributed by atoms with E-state index in [1.165, 1.54) is 0 Å². The molecule has 0 radical (unpaired) electrons. The first-order valence-corrected chi connectivity index (χ1v) is 6.42. The first kappa shape index (κ1) is 12.5. The maximum atomic E-state index is 10.6. The number of rotatable bonds is 4. The average Bonchev–Trinajstić information content (AvgIpc) is 2.38. The molecule has 2 N–H and O–H groups in total. The lowest BCUT2D eigenvalue weighted by Gasteiger charge is -2.05. The van der Waals surface area contributed by atoms with E-state index in [-0.39, 0.29) is 5.56 Å². The largest absolute Gasteiger partial charge is 0.545 e. The second kappa shape index (κ2) is 5.60. The van der Waals surface area contributed by atoms with Crippen LogP contribution in [0, 0.1) is 0 Å². The molecule has 0 saturated carbocycles. The highest BCUT2D eigenvalue weighted by Crippen LogP contribution is 2.23. The quantitative estimate of drug-likeness (QED) is 0.672. The van der Waals surface area contributed by atoms with Gasteiger partial charge in [-0.2, -0.15) is 0 Å². The summed E-state index contributed by atoms with van der Waals surface area (Å²) in [5, 5.41) is 10.6. The summed E-state index contributed by atoms with van der Waals surface area (Å²) in [7, 11) is 0. The molecule has 0 aliphatic heterocycles. The number of hydrogen-bond acceptors (Lipinski definition) is 4. The van der Waals surface area contributed by atoms with Gasteiger partial charge in [-0.3, -0.25) is 0 Å². The number of carboxylic acids is 1. The Morgan fingerprint density at radius 1 is 1.06 bits per heavy atom. The second-order valence-corrected chi connectivity index (χ2v) is 4.89. The minimum absolute atomic E-state index is 0.205. The van der Waals surface area contributed by atoms with Crippen LogP contribution in [0.3, 0.4) is 0 Å². The fourth-order valence-electron chi connectivity index (χ4n) is 1.47. The molecule has 18 heavy (non-hydrogen) atoms. The molecule has 0 heterocycles. The molecule has 0 saturated heterocycles. The molecule has 4 heteroatoms. The zero-order valence-corrected chi connectivity index (χ0v) is 10.4. The number of benzene rings is 2. The number of nitrogen functional groups attached to an aromatic ring is 1. The molecule has 2 rings (SSSR count). The predicted molar refractivity (Wildman–Crippen MR) is 71.2 cm³/mol. The summed E-state index contributed by atoms with van der Waals surface area (Å²) >= 11 is 1.68. The minimum Gasteiger partial charge on any atom is -0.545 e. The molecule has 0 aliphatic rings. The van der Waals surface area contributed by atoms with E-state index in [1.54, 1.807) is 36.0 Å². The van der Waals surface area contributed by atoms with E-state index < -0.39 is 5.97 Å². The molecule has 2 aromatic carbocycles. The van der Waals surface area contributed by atoms with E-state index in [0.29, 0.717) is 0 Å². The highest BCUT2D eigenvalue weighted by molar-refractivity contribution is 7.98. The van der Waals surface area contributed by atoms with Gasteiger partial charge in [0.25, 0.3) is 0 Å². The summed E-state index contributed by atoms with van der Waals surface area (Å²) in [6.45, 7) is 0. The molecule has 2 aromatic rings. The maximum absolute atomic E-state index is 10.6. The zero-order chi connectivity index (χ0) is 13.0. The van der Waals surface area contributed by atoms with Gasteiger partial charge in [0.2, 0.25) is 0 Å². The Kier molecular flexibility index (Phi) is 3.89. The summed E-state index contributed by atoms with van der Waals surface area (Å²) in [6, 6.07) is 14.4. The van der Waals surface area contributed by atoms with E-state index in [4.69, 9.17) is 5.73 Å². The topological polar surface area (TPSA) is 66.2 Å². The van der Waals surface area contributed by atoms with Crippen molar-refractivity contribution in [1.29, 1.82) is 0 Å². The molecule has 0 aromatic heterocycles. The van der Waals surface area contributed by atoms with Gasteiger partial charge < -0.3 is 15.6 Å². The number of aromatic carboxylic acids is 1. The molecule has 92 valence electrons. The number of carbonyl (C=O) groups is 1. The number of carboxylic acid groups (broad SMARTS) is 1. The molecular weight excluding hydrogens is 246 g/mol. The first-order chi connectivity index (χ1) is 8.65. The normalized spacial score (nSPS) is 10.2. The number of anilines is 1. The Hall–Kier alpha value is -1.94. The van der Waals surface area contributed by atoms with Crippen molar-refractivity contribution < 1.29 is 9.90 Å². The monoisotopic (exact) mass is 258 g/mol. The molecule has 3 nitrogen and oxygen atoms in total. The predicted octanol–water partition coefficient (Wildman–Crippen LogP) is 1.92. The summed E-state index contributed by atoms with van der Waals surface area (Å²) in [6.07, 6.45) is 0. The number of hydrogen-bond donors (Lipinski definition) is 1. The van der Waals surface area contributed by atoms with Gasteiger partial charge in [-0.05, 0) is 35.4 Å². The van der Waals surface area contributed by atoms with Crippen molar-refractivity contribution >= 4 is 23.4 Å². The third kappa shape index (κ3) is 3.28. The third-order valence-electron chi connectivity index (χ3n) is 2.48. The van der Waals surface area contributed by atoms with Gasteiger partial charge in [-0.25, -0.2) is 0 Å². The van der Waals surface area contributed by atoms with Crippen LogP contribution in [0.4, 0.5) is 5.69 Å². The van der Waals surface area contributed by atoms with Gasteiger partial charge in [0.1, 0.15) is 0 Å². The van der Waals surface area contributed by atoms with Crippen molar-refractivity contribution in [2.45, 2.75) is 10.6 Å². The Morgan fingerprint density at radius 2 is 1.67 bits per heavy atom. The molecule has 0 bridgehead atoms. The van der Waals surface area contributed by atoms with Gasteiger partial charge in [0, 0.05) is 16.3 Å². The van der Waals surface area contributed by atoms with Gasteiger partial charge in [-0.15, -0.1) is 11.8 Å². The summed E-state index contributed by atoms with van der Waals surface area (Å²) < 4.78 is 0.